The fourth-order valence-electron chi connectivity index (χ4n) is 1.17. The van der Waals surface area contributed by atoms with Crippen molar-refractivity contribution in [1.82, 2.24) is 0 Å². The van der Waals surface area contributed by atoms with Crippen LogP contribution in [0.3, 0.4) is 0 Å². The maximum Gasteiger partial charge on any atom is 0.170 e. The van der Waals surface area contributed by atoms with Crippen LogP contribution in [0.4, 0.5) is 0 Å². The van der Waals surface area contributed by atoms with Gasteiger partial charge in [-0.15, -0.1) is 0 Å². The van der Waals surface area contributed by atoms with Gasteiger partial charge in [0.1, 0.15) is 5.75 Å². The fraction of sp³-hybridized carbons (Fsp3) is 0.333. The average Bonchev–Trinajstić information content (AvgIpc) is 2.20. The molecule has 0 spiro atoms. The predicted molar refractivity (Wildman–Crippen MR) is 54.8 cm³/mol. The van der Waals surface area contributed by atoms with E-state index in [0.717, 1.165) is 0 Å². The van der Waals surface area contributed by atoms with Crippen LogP contribution in [-0.2, 0) is 6.61 Å². The molecule has 1 aromatic carbocycles. The smallest absolute Gasteiger partial charge is 0.170 e. The van der Waals surface area contributed by atoms with E-state index in [2.05, 4.69) is 15.9 Å². The van der Waals surface area contributed by atoms with Crippen LogP contribution in [0.5, 0.6) is 17.2 Å². The quantitative estimate of drug-likeness (QED) is 0.870. The number of phenols is 1. The number of hydrogen-bond acceptors (Lipinski definition) is 4. The number of benzene rings is 1. The topological polar surface area (TPSA) is 58.9 Å². The summed E-state index contributed by atoms with van der Waals surface area (Å²) in [7, 11) is 2.94. The van der Waals surface area contributed by atoms with Crippen molar-refractivity contribution in [3.8, 4) is 17.2 Å². The van der Waals surface area contributed by atoms with Crippen LogP contribution in [0.1, 0.15) is 5.56 Å². The molecule has 0 aromatic heterocycles. The minimum absolute atomic E-state index is 0.0369. The predicted octanol–water partition coefficient (Wildman–Crippen LogP) is 1.66. The van der Waals surface area contributed by atoms with Crippen molar-refractivity contribution in [2.45, 2.75) is 6.61 Å². The van der Waals surface area contributed by atoms with Gasteiger partial charge in [-0.25, -0.2) is 0 Å². The van der Waals surface area contributed by atoms with E-state index in [0.29, 0.717) is 21.5 Å². The molecule has 0 saturated carbocycles. The van der Waals surface area contributed by atoms with Gasteiger partial charge in [-0.2, -0.15) is 0 Å². The first-order chi connectivity index (χ1) is 6.65. The maximum atomic E-state index is 9.59. The summed E-state index contributed by atoms with van der Waals surface area (Å²) in [5.41, 5.74) is 0.304. The minimum Gasteiger partial charge on any atom is -0.506 e. The van der Waals surface area contributed by atoms with Crippen LogP contribution in [0.15, 0.2) is 10.5 Å². The lowest BCUT2D eigenvalue weighted by atomic mass is 10.1. The second-order valence-corrected chi connectivity index (χ2v) is 3.43. The third kappa shape index (κ3) is 1.78. The van der Waals surface area contributed by atoms with E-state index >= 15 is 0 Å². The second-order valence-electron chi connectivity index (χ2n) is 2.58. The van der Waals surface area contributed by atoms with Gasteiger partial charge in [0.2, 0.25) is 0 Å². The Morgan fingerprint density at radius 1 is 1.36 bits per heavy atom. The van der Waals surface area contributed by atoms with E-state index in [1.165, 1.54) is 14.2 Å². The number of aromatic hydroxyl groups is 1. The Bertz CT molecular complexity index is 338. The van der Waals surface area contributed by atoms with Crippen LogP contribution < -0.4 is 9.47 Å². The van der Waals surface area contributed by atoms with E-state index in [1.54, 1.807) is 6.07 Å². The number of hydrogen-bond donors (Lipinski definition) is 2. The number of rotatable bonds is 3. The standard InChI is InChI=1S/C9H11BrO4/c1-13-7-3-6(10)8(12)5(4-11)9(7)14-2/h3,11-12H,4H2,1-2H3. The maximum absolute atomic E-state index is 9.59. The van der Waals surface area contributed by atoms with Gasteiger partial charge in [-0.3, -0.25) is 0 Å². The number of methoxy groups -OCH3 is 2. The van der Waals surface area contributed by atoms with Crippen molar-refractivity contribution in [2.24, 2.45) is 0 Å². The summed E-state index contributed by atoms with van der Waals surface area (Å²) in [5, 5.41) is 18.6. The van der Waals surface area contributed by atoms with Crippen LogP contribution in [0.2, 0.25) is 0 Å². The summed E-state index contributed by atoms with van der Waals surface area (Å²) in [6, 6.07) is 1.58. The molecule has 0 aliphatic heterocycles. The first kappa shape index (κ1) is 11.1. The van der Waals surface area contributed by atoms with Crippen molar-refractivity contribution < 1.29 is 19.7 Å². The summed E-state index contributed by atoms with van der Waals surface area (Å²) in [6.07, 6.45) is 0. The van der Waals surface area contributed by atoms with Crippen molar-refractivity contribution in [3.63, 3.8) is 0 Å². The van der Waals surface area contributed by atoms with Crippen LogP contribution in [-0.4, -0.2) is 24.4 Å². The number of ether oxygens (including phenoxy) is 2. The highest BCUT2D eigenvalue weighted by molar-refractivity contribution is 9.10. The van der Waals surface area contributed by atoms with E-state index < -0.39 is 0 Å². The zero-order chi connectivity index (χ0) is 10.7. The summed E-state index contributed by atoms with van der Waals surface area (Å²) in [6.45, 7) is -0.315. The first-order valence-electron chi connectivity index (χ1n) is 3.88. The lowest BCUT2D eigenvalue weighted by molar-refractivity contribution is 0.262. The summed E-state index contributed by atoms with van der Waals surface area (Å²) >= 11 is 3.15. The molecule has 0 bridgehead atoms. The van der Waals surface area contributed by atoms with E-state index in [-0.39, 0.29) is 12.4 Å². The van der Waals surface area contributed by atoms with Gasteiger partial charge in [0.15, 0.2) is 11.5 Å². The third-order valence-electron chi connectivity index (χ3n) is 1.85. The molecular weight excluding hydrogens is 252 g/mol. The van der Waals surface area contributed by atoms with Gasteiger partial charge >= 0.3 is 0 Å². The Kier molecular flexibility index (Phi) is 3.60. The number of halogens is 1. The highest BCUT2D eigenvalue weighted by Crippen LogP contribution is 2.41. The van der Waals surface area contributed by atoms with Gasteiger partial charge in [0.25, 0.3) is 0 Å². The highest BCUT2D eigenvalue weighted by Gasteiger charge is 2.16. The van der Waals surface area contributed by atoms with Gasteiger partial charge in [-0.1, -0.05) is 0 Å². The molecular formula is C9H11BrO4. The Labute approximate surface area is 90.2 Å². The molecule has 0 saturated heterocycles. The fourth-order valence-corrected chi connectivity index (χ4v) is 1.62. The van der Waals surface area contributed by atoms with Gasteiger partial charge < -0.3 is 19.7 Å². The normalized spacial score (nSPS) is 10.0. The van der Waals surface area contributed by atoms with E-state index in [1.807, 2.05) is 0 Å². The molecule has 0 heterocycles. The lowest BCUT2D eigenvalue weighted by Gasteiger charge is -2.13. The molecule has 2 N–H and O–H groups in total. The SMILES string of the molecule is COc1cc(Br)c(O)c(CO)c1OC. The first-order valence-corrected chi connectivity index (χ1v) is 4.68. The number of aliphatic hydroxyl groups is 1. The molecule has 78 valence electrons. The van der Waals surface area contributed by atoms with Gasteiger partial charge in [0, 0.05) is 6.07 Å². The molecule has 4 nitrogen and oxygen atoms in total. The van der Waals surface area contributed by atoms with Crippen LogP contribution in [0, 0.1) is 0 Å². The van der Waals surface area contributed by atoms with Crippen molar-refractivity contribution in [1.29, 1.82) is 0 Å². The Morgan fingerprint density at radius 3 is 2.43 bits per heavy atom. The van der Waals surface area contributed by atoms with Crippen LogP contribution >= 0.6 is 15.9 Å². The van der Waals surface area contributed by atoms with Crippen molar-refractivity contribution >= 4 is 15.9 Å². The minimum atomic E-state index is -0.315. The second kappa shape index (κ2) is 4.52. The monoisotopic (exact) mass is 262 g/mol. The Morgan fingerprint density at radius 2 is 2.00 bits per heavy atom. The van der Waals surface area contributed by atoms with Crippen molar-refractivity contribution in [3.05, 3.63) is 16.1 Å². The molecule has 1 aromatic rings. The zero-order valence-electron chi connectivity index (χ0n) is 7.87. The third-order valence-corrected chi connectivity index (χ3v) is 2.45. The summed E-state index contributed by atoms with van der Waals surface area (Å²) < 4.78 is 10.5. The highest BCUT2D eigenvalue weighted by atomic mass is 79.9. The molecule has 14 heavy (non-hydrogen) atoms. The molecule has 0 unspecified atom stereocenters. The molecule has 5 heteroatoms. The molecule has 0 amide bonds. The summed E-state index contributed by atoms with van der Waals surface area (Å²) in [5.74, 6) is 0.766. The molecule has 0 aliphatic carbocycles. The average molecular weight is 263 g/mol. The van der Waals surface area contributed by atoms with Gasteiger partial charge in [0.05, 0.1) is 30.9 Å². The molecule has 0 fully saturated rings. The van der Waals surface area contributed by atoms with Gasteiger partial charge in [-0.05, 0) is 15.9 Å². The van der Waals surface area contributed by atoms with E-state index in [4.69, 9.17) is 14.6 Å². The zero-order valence-corrected chi connectivity index (χ0v) is 9.46. The molecule has 1 rings (SSSR count). The Hall–Kier alpha value is -0.940. The molecule has 0 atom stereocenters. The Balaban J connectivity index is 3.42. The lowest BCUT2D eigenvalue weighted by Crippen LogP contribution is -1.97. The number of aliphatic hydroxyl groups excluding tert-OH is 1. The van der Waals surface area contributed by atoms with Crippen LogP contribution in [0.25, 0.3) is 0 Å². The van der Waals surface area contributed by atoms with Crippen molar-refractivity contribution in [2.75, 3.05) is 14.2 Å². The molecule has 0 aliphatic rings. The summed E-state index contributed by atoms with van der Waals surface area (Å²) in [4.78, 5) is 0. The molecule has 0 radical (unpaired) electrons. The largest absolute Gasteiger partial charge is 0.506 e. The van der Waals surface area contributed by atoms with E-state index in [9.17, 15) is 5.11 Å².